The Labute approximate surface area is 158 Å². The number of halogens is 3. The molecule has 0 atom stereocenters. The van der Waals surface area contributed by atoms with Crippen molar-refractivity contribution in [3.8, 4) is 0 Å². The Kier molecular flexibility index (Phi) is 9.47. The molecular formula is C17H25ClF2N4O2. The molecule has 0 spiro atoms. The molecule has 1 fully saturated rings. The standard InChI is InChI=1S/C17H24F2N4O2.ClH/c1-2-22(9-6-16(25)23-10-7-20-8-11-23)12-15(24)21-17-13(18)4-3-5-14(17)19;/h3-5,20H,2,6-12H2,1H3,(H,21,24);1H. The third-order valence-corrected chi connectivity index (χ3v) is 4.15. The molecule has 1 aromatic rings. The molecule has 2 rings (SSSR count). The number of hydrogen-bond acceptors (Lipinski definition) is 4. The molecule has 0 bridgehead atoms. The van der Waals surface area contributed by atoms with Gasteiger partial charge in [-0.25, -0.2) is 8.78 Å². The predicted octanol–water partition coefficient (Wildman–Crippen LogP) is 1.47. The minimum absolute atomic E-state index is 0. The fourth-order valence-corrected chi connectivity index (χ4v) is 2.67. The third-order valence-electron chi connectivity index (χ3n) is 4.15. The molecule has 2 amide bonds. The van der Waals surface area contributed by atoms with Crippen molar-refractivity contribution < 1.29 is 18.4 Å². The van der Waals surface area contributed by atoms with Crippen LogP contribution in [0.5, 0.6) is 0 Å². The molecule has 1 saturated heterocycles. The molecule has 6 nitrogen and oxygen atoms in total. The molecule has 0 unspecified atom stereocenters. The van der Waals surface area contributed by atoms with E-state index < -0.39 is 23.2 Å². The number of carbonyl (C=O) groups is 2. The Morgan fingerprint density at radius 2 is 1.85 bits per heavy atom. The van der Waals surface area contributed by atoms with Crippen LogP contribution in [0.2, 0.25) is 0 Å². The lowest BCUT2D eigenvalue weighted by Crippen LogP contribution is -2.47. The van der Waals surface area contributed by atoms with Gasteiger partial charge in [0.2, 0.25) is 11.8 Å². The van der Waals surface area contributed by atoms with E-state index in [1.807, 2.05) is 6.92 Å². The van der Waals surface area contributed by atoms with Gasteiger partial charge < -0.3 is 15.5 Å². The molecule has 1 heterocycles. The summed E-state index contributed by atoms with van der Waals surface area (Å²) in [5.41, 5.74) is -0.444. The first kappa shape index (κ1) is 22.3. The lowest BCUT2D eigenvalue weighted by molar-refractivity contribution is -0.132. The monoisotopic (exact) mass is 390 g/mol. The van der Waals surface area contributed by atoms with Crippen LogP contribution < -0.4 is 10.6 Å². The Morgan fingerprint density at radius 1 is 1.23 bits per heavy atom. The number of hydrogen-bond donors (Lipinski definition) is 2. The van der Waals surface area contributed by atoms with Crippen molar-refractivity contribution in [2.75, 3.05) is 51.1 Å². The number of piperazine rings is 1. The van der Waals surface area contributed by atoms with E-state index in [-0.39, 0.29) is 24.9 Å². The average molecular weight is 391 g/mol. The number of nitrogens with one attached hydrogen (secondary N) is 2. The fourth-order valence-electron chi connectivity index (χ4n) is 2.67. The Morgan fingerprint density at radius 3 is 2.42 bits per heavy atom. The van der Waals surface area contributed by atoms with Gasteiger partial charge in [0.15, 0.2) is 0 Å². The van der Waals surface area contributed by atoms with Gasteiger partial charge in [-0.15, -0.1) is 12.4 Å². The molecule has 9 heteroatoms. The summed E-state index contributed by atoms with van der Waals surface area (Å²) in [4.78, 5) is 27.8. The van der Waals surface area contributed by atoms with E-state index in [0.29, 0.717) is 32.6 Å². The number of amides is 2. The summed E-state index contributed by atoms with van der Waals surface area (Å²) in [7, 11) is 0. The molecule has 0 radical (unpaired) electrons. The number of rotatable bonds is 7. The van der Waals surface area contributed by atoms with Crippen molar-refractivity contribution >= 4 is 29.9 Å². The zero-order valence-electron chi connectivity index (χ0n) is 14.8. The Bertz CT molecular complexity index is 592. The van der Waals surface area contributed by atoms with Crippen LogP contribution in [-0.4, -0.2) is 67.4 Å². The zero-order chi connectivity index (χ0) is 18.2. The molecule has 0 aromatic heterocycles. The molecular weight excluding hydrogens is 366 g/mol. The van der Waals surface area contributed by atoms with Gasteiger partial charge >= 0.3 is 0 Å². The van der Waals surface area contributed by atoms with Crippen LogP contribution in [0.25, 0.3) is 0 Å². The minimum Gasteiger partial charge on any atom is -0.340 e. The van der Waals surface area contributed by atoms with Gasteiger partial charge in [0.1, 0.15) is 17.3 Å². The fraction of sp³-hybridized carbons (Fsp3) is 0.529. The summed E-state index contributed by atoms with van der Waals surface area (Å²) in [6.45, 7) is 5.79. The van der Waals surface area contributed by atoms with E-state index in [0.717, 1.165) is 25.2 Å². The molecule has 1 aliphatic heterocycles. The summed E-state index contributed by atoms with van der Waals surface area (Å²) < 4.78 is 27.1. The normalized spacial score (nSPS) is 14.1. The minimum atomic E-state index is -0.815. The lowest BCUT2D eigenvalue weighted by Gasteiger charge is -2.28. The van der Waals surface area contributed by atoms with Crippen LogP contribution in [0, 0.1) is 11.6 Å². The van der Waals surface area contributed by atoms with Gasteiger partial charge in [-0.3, -0.25) is 14.5 Å². The maximum absolute atomic E-state index is 13.6. The van der Waals surface area contributed by atoms with E-state index in [2.05, 4.69) is 10.6 Å². The first-order valence-electron chi connectivity index (χ1n) is 8.46. The van der Waals surface area contributed by atoms with E-state index in [1.165, 1.54) is 6.07 Å². The summed E-state index contributed by atoms with van der Waals surface area (Å²) in [6, 6.07) is 3.41. The second-order valence-corrected chi connectivity index (χ2v) is 5.89. The van der Waals surface area contributed by atoms with Crippen LogP contribution in [0.15, 0.2) is 18.2 Å². The van der Waals surface area contributed by atoms with Gasteiger partial charge in [0.05, 0.1) is 6.54 Å². The summed E-state index contributed by atoms with van der Waals surface area (Å²) in [5.74, 6) is -2.09. The molecule has 146 valence electrons. The van der Waals surface area contributed by atoms with Gasteiger partial charge in [-0.05, 0) is 18.7 Å². The van der Waals surface area contributed by atoms with Crippen molar-refractivity contribution in [2.24, 2.45) is 0 Å². The molecule has 0 aliphatic carbocycles. The second-order valence-electron chi connectivity index (χ2n) is 5.89. The Balaban J connectivity index is 0.00000338. The highest BCUT2D eigenvalue weighted by Crippen LogP contribution is 2.17. The highest BCUT2D eigenvalue weighted by molar-refractivity contribution is 5.92. The molecule has 26 heavy (non-hydrogen) atoms. The Hall–Kier alpha value is -1.77. The second kappa shape index (κ2) is 11.1. The quantitative estimate of drug-likeness (QED) is 0.740. The van der Waals surface area contributed by atoms with Crippen LogP contribution in [0.1, 0.15) is 13.3 Å². The smallest absolute Gasteiger partial charge is 0.238 e. The van der Waals surface area contributed by atoms with Crippen LogP contribution in [-0.2, 0) is 9.59 Å². The van der Waals surface area contributed by atoms with Gasteiger partial charge in [-0.2, -0.15) is 0 Å². The van der Waals surface area contributed by atoms with E-state index in [4.69, 9.17) is 0 Å². The average Bonchev–Trinajstić information content (AvgIpc) is 2.62. The van der Waals surface area contributed by atoms with E-state index in [1.54, 1.807) is 9.80 Å². The number of carbonyl (C=O) groups excluding carboxylic acids is 2. The number of benzene rings is 1. The number of nitrogens with zero attached hydrogens (tertiary/aromatic N) is 2. The molecule has 2 N–H and O–H groups in total. The van der Waals surface area contributed by atoms with Crippen LogP contribution in [0.4, 0.5) is 14.5 Å². The van der Waals surface area contributed by atoms with Crippen LogP contribution >= 0.6 is 12.4 Å². The summed E-state index contributed by atoms with van der Waals surface area (Å²) in [6.07, 6.45) is 0.315. The van der Waals surface area contributed by atoms with Crippen LogP contribution in [0.3, 0.4) is 0 Å². The van der Waals surface area contributed by atoms with Crippen molar-refractivity contribution in [3.05, 3.63) is 29.8 Å². The summed E-state index contributed by atoms with van der Waals surface area (Å²) in [5, 5.41) is 5.45. The van der Waals surface area contributed by atoms with Crippen molar-refractivity contribution in [3.63, 3.8) is 0 Å². The molecule has 1 aromatic carbocycles. The highest BCUT2D eigenvalue weighted by atomic mass is 35.5. The first-order valence-corrected chi connectivity index (χ1v) is 8.46. The van der Waals surface area contributed by atoms with Crippen molar-refractivity contribution in [1.82, 2.24) is 15.1 Å². The van der Waals surface area contributed by atoms with Crippen molar-refractivity contribution in [1.29, 1.82) is 0 Å². The maximum atomic E-state index is 13.6. The molecule has 1 aliphatic rings. The highest BCUT2D eigenvalue weighted by Gasteiger charge is 2.18. The van der Waals surface area contributed by atoms with E-state index >= 15 is 0 Å². The van der Waals surface area contributed by atoms with Gasteiger partial charge in [-0.1, -0.05) is 13.0 Å². The largest absolute Gasteiger partial charge is 0.340 e. The molecule has 0 saturated carbocycles. The van der Waals surface area contributed by atoms with Crippen molar-refractivity contribution in [2.45, 2.75) is 13.3 Å². The first-order chi connectivity index (χ1) is 12.0. The SMILES string of the molecule is CCN(CCC(=O)N1CCNCC1)CC(=O)Nc1c(F)cccc1F.Cl. The lowest BCUT2D eigenvalue weighted by atomic mass is 10.2. The maximum Gasteiger partial charge on any atom is 0.238 e. The topological polar surface area (TPSA) is 64.7 Å². The number of para-hydroxylation sites is 1. The number of likely N-dealkylation sites (N-methyl/N-ethyl adjacent to an activating group) is 1. The predicted molar refractivity (Wildman–Crippen MR) is 98.4 cm³/mol. The number of anilines is 1. The van der Waals surface area contributed by atoms with Gasteiger partial charge in [0, 0.05) is 39.1 Å². The summed E-state index contributed by atoms with van der Waals surface area (Å²) >= 11 is 0. The third kappa shape index (κ3) is 6.51. The van der Waals surface area contributed by atoms with Gasteiger partial charge in [0.25, 0.3) is 0 Å². The zero-order valence-corrected chi connectivity index (χ0v) is 15.6. The van der Waals surface area contributed by atoms with E-state index in [9.17, 15) is 18.4 Å².